The van der Waals surface area contributed by atoms with Crippen molar-refractivity contribution >= 4 is 22.8 Å². The number of aromatic nitrogens is 3. The average Bonchev–Trinajstić information content (AvgIpc) is 3.15. The van der Waals surface area contributed by atoms with E-state index in [0.29, 0.717) is 42.3 Å². The average molecular weight is 440 g/mol. The Labute approximate surface area is 184 Å². The third-order valence-corrected chi connectivity index (χ3v) is 6.64. The van der Waals surface area contributed by atoms with Crippen molar-refractivity contribution in [3.63, 3.8) is 0 Å². The predicted molar refractivity (Wildman–Crippen MR) is 118 cm³/mol. The zero-order valence-electron chi connectivity index (χ0n) is 18.1. The molecule has 0 bridgehead atoms. The first-order chi connectivity index (χ1) is 15.2. The zero-order chi connectivity index (χ0) is 22.5. The summed E-state index contributed by atoms with van der Waals surface area (Å²) in [5.41, 5.74) is 1.25. The molecule has 3 heterocycles. The number of fused-ring (bicyclic) bond motifs is 2. The molecule has 0 spiro atoms. The van der Waals surface area contributed by atoms with Crippen LogP contribution in [-0.2, 0) is 0 Å². The smallest absolute Gasteiger partial charge is 0.248 e. The summed E-state index contributed by atoms with van der Waals surface area (Å²) < 4.78 is 32.9. The van der Waals surface area contributed by atoms with Crippen molar-refractivity contribution in [1.29, 1.82) is 0 Å². The Morgan fingerprint density at radius 2 is 1.97 bits per heavy atom. The van der Waals surface area contributed by atoms with Crippen molar-refractivity contribution < 1.29 is 18.3 Å². The largest absolute Gasteiger partial charge is 0.486 e. The van der Waals surface area contributed by atoms with Gasteiger partial charge in [-0.2, -0.15) is 4.98 Å². The fraction of sp³-hybridized carbons (Fsp3) is 0.458. The number of benzene rings is 1. The van der Waals surface area contributed by atoms with Gasteiger partial charge in [0.1, 0.15) is 17.0 Å². The molecule has 1 fully saturated rings. The van der Waals surface area contributed by atoms with Gasteiger partial charge >= 0.3 is 0 Å². The Balaban J connectivity index is 1.37. The highest BCUT2D eigenvalue weighted by Gasteiger charge is 2.45. The first-order valence-corrected chi connectivity index (χ1v) is 11.0. The van der Waals surface area contributed by atoms with E-state index in [0.717, 1.165) is 10.9 Å². The molecule has 6 nitrogen and oxygen atoms in total. The number of carbonyl (C=O) groups is 1. The molecule has 3 aromatic rings. The molecule has 2 aromatic heterocycles. The molecular weight excluding hydrogens is 414 g/mol. The molecule has 1 aliphatic heterocycles. The fourth-order valence-electron chi connectivity index (χ4n) is 4.88. The van der Waals surface area contributed by atoms with Crippen LogP contribution in [0.15, 0.2) is 36.7 Å². The van der Waals surface area contributed by atoms with Gasteiger partial charge in [0.05, 0.1) is 11.5 Å². The number of rotatable bonds is 4. The summed E-state index contributed by atoms with van der Waals surface area (Å²) in [7, 11) is 0. The minimum absolute atomic E-state index is 0.00838. The van der Waals surface area contributed by atoms with Crippen molar-refractivity contribution in [3.05, 3.63) is 47.8 Å². The van der Waals surface area contributed by atoms with Gasteiger partial charge < -0.3 is 15.0 Å². The Kier molecular flexibility index (Phi) is 4.91. The number of halogens is 2. The van der Waals surface area contributed by atoms with Gasteiger partial charge in [0.2, 0.25) is 11.9 Å². The highest BCUT2D eigenvalue weighted by atomic mass is 19.3. The topological polar surface area (TPSA) is 79.9 Å². The molecule has 1 unspecified atom stereocenters. The quantitative estimate of drug-likeness (QED) is 0.573. The van der Waals surface area contributed by atoms with Crippen LogP contribution in [0, 0.1) is 5.92 Å². The lowest BCUT2D eigenvalue weighted by molar-refractivity contribution is -0.0443. The van der Waals surface area contributed by atoms with E-state index in [9.17, 15) is 13.6 Å². The SMILES string of the molecule is CC1(C)Oc2ccccc2C(=O)C1c1c[nH]c2nc(NCC3CCC(F)(F)CC3)ncc12. The Bertz CT molecular complexity index is 1160. The van der Waals surface area contributed by atoms with Crippen LogP contribution in [0.1, 0.15) is 61.4 Å². The minimum Gasteiger partial charge on any atom is -0.486 e. The molecule has 1 aromatic carbocycles. The number of hydrogen-bond acceptors (Lipinski definition) is 5. The van der Waals surface area contributed by atoms with Gasteiger partial charge in [-0.3, -0.25) is 4.79 Å². The molecule has 168 valence electrons. The monoisotopic (exact) mass is 440 g/mol. The fourth-order valence-corrected chi connectivity index (χ4v) is 4.88. The van der Waals surface area contributed by atoms with Crippen LogP contribution < -0.4 is 10.1 Å². The molecule has 5 rings (SSSR count). The molecule has 32 heavy (non-hydrogen) atoms. The summed E-state index contributed by atoms with van der Waals surface area (Å²) in [6, 6.07) is 7.29. The van der Waals surface area contributed by atoms with Gasteiger partial charge in [0, 0.05) is 37.2 Å². The molecule has 0 saturated heterocycles. The number of ketones is 1. The lowest BCUT2D eigenvalue weighted by atomic mass is 9.77. The summed E-state index contributed by atoms with van der Waals surface area (Å²) in [4.78, 5) is 25.5. The van der Waals surface area contributed by atoms with Gasteiger partial charge in [-0.05, 0) is 50.3 Å². The maximum atomic E-state index is 13.4. The first kappa shape index (κ1) is 20.8. The highest BCUT2D eigenvalue weighted by Crippen LogP contribution is 2.44. The summed E-state index contributed by atoms with van der Waals surface area (Å²) in [5, 5.41) is 3.95. The lowest BCUT2D eigenvalue weighted by Gasteiger charge is -2.38. The molecule has 2 N–H and O–H groups in total. The van der Waals surface area contributed by atoms with E-state index in [1.165, 1.54) is 0 Å². The maximum absolute atomic E-state index is 13.4. The summed E-state index contributed by atoms with van der Waals surface area (Å²) in [6.07, 6.45) is 4.37. The second-order valence-electron chi connectivity index (χ2n) is 9.38. The molecule has 8 heteroatoms. The molecule has 1 saturated carbocycles. The number of Topliss-reactive ketones (excluding diaryl/α,β-unsaturated/α-hetero) is 1. The molecular formula is C24H26F2N4O2. The second-order valence-corrected chi connectivity index (χ2v) is 9.38. The van der Waals surface area contributed by atoms with E-state index in [2.05, 4.69) is 20.3 Å². The molecule has 1 atom stereocenters. The van der Waals surface area contributed by atoms with Crippen molar-refractivity contribution in [3.8, 4) is 5.75 Å². The van der Waals surface area contributed by atoms with E-state index in [1.54, 1.807) is 18.5 Å². The third-order valence-electron chi connectivity index (χ3n) is 6.64. The van der Waals surface area contributed by atoms with Gasteiger partial charge in [0.15, 0.2) is 5.78 Å². The van der Waals surface area contributed by atoms with E-state index < -0.39 is 17.4 Å². The molecule has 0 amide bonds. The van der Waals surface area contributed by atoms with E-state index >= 15 is 0 Å². The summed E-state index contributed by atoms with van der Waals surface area (Å²) in [5.74, 6) is -1.79. The lowest BCUT2D eigenvalue weighted by Crippen LogP contribution is -2.44. The van der Waals surface area contributed by atoms with Crippen LogP contribution in [0.5, 0.6) is 5.75 Å². The highest BCUT2D eigenvalue weighted by molar-refractivity contribution is 6.06. The normalized spacial score (nSPS) is 22.4. The second kappa shape index (κ2) is 7.53. The van der Waals surface area contributed by atoms with Crippen molar-refractivity contribution in [1.82, 2.24) is 15.0 Å². The van der Waals surface area contributed by atoms with Gasteiger partial charge in [-0.25, -0.2) is 13.8 Å². The molecule has 2 aliphatic rings. The summed E-state index contributed by atoms with van der Waals surface area (Å²) in [6.45, 7) is 4.39. The maximum Gasteiger partial charge on any atom is 0.248 e. The Morgan fingerprint density at radius 3 is 2.75 bits per heavy atom. The number of ether oxygens (including phenoxy) is 1. The van der Waals surface area contributed by atoms with E-state index in [1.807, 2.05) is 32.0 Å². The van der Waals surface area contributed by atoms with Gasteiger partial charge in [-0.1, -0.05) is 12.1 Å². The zero-order valence-corrected chi connectivity index (χ0v) is 18.1. The molecule has 0 radical (unpaired) electrons. The van der Waals surface area contributed by atoms with Crippen molar-refractivity contribution in [2.45, 2.75) is 57.0 Å². The van der Waals surface area contributed by atoms with E-state index in [4.69, 9.17) is 4.74 Å². The number of nitrogens with one attached hydrogen (secondary N) is 2. The van der Waals surface area contributed by atoms with E-state index in [-0.39, 0.29) is 24.5 Å². The van der Waals surface area contributed by atoms with Crippen molar-refractivity contribution in [2.75, 3.05) is 11.9 Å². The Morgan fingerprint density at radius 1 is 1.22 bits per heavy atom. The van der Waals surface area contributed by atoms with Gasteiger partial charge in [-0.15, -0.1) is 0 Å². The van der Waals surface area contributed by atoms with Crippen LogP contribution in [0.4, 0.5) is 14.7 Å². The van der Waals surface area contributed by atoms with Crippen LogP contribution >= 0.6 is 0 Å². The summed E-state index contributed by atoms with van der Waals surface area (Å²) >= 11 is 0. The van der Waals surface area contributed by atoms with Gasteiger partial charge in [0.25, 0.3) is 0 Å². The van der Waals surface area contributed by atoms with Crippen LogP contribution in [0.2, 0.25) is 0 Å². The number of hydrogen-bond donors (Lipinski definition) is 2. The number of carbonyl (C=O) groups excluding carboxylic acids is 1. The molecule has 1 aliphatic carbocycles. The standard InChI is InChI=1S/C24H26F2N4O2/c1-23(2)19(20(31)15-5-3-4-6-18(15)32-23)16-12-27-21-17(16)13-29-22(30-21)28-11-14-7-9-24(25,26)10-8-14/h3-6,12-14,19H,7-11H2,1-2H3,(H2,27,28,29,30). The number of nitrogens with zero attached hydrogens (tertiary/aromatic N) is 2. The van der Waals surface area contributed by atoms with Crippen LogP contribution in [0.3, 0.4) is 0 Å². The van der Waals surface area contributed by atoms with Crippen LogP contribution in [0.25, 0.3) is 11.0 Å². The Hall–Kier alpha value is -3.03. The number of alkyl halides is 2. The third kappa shape index (κ3) is 3.72. The van der Waals surface area contributed by atoms with Crippen molar-refractivity contribution in [2.24, 2.45) is 5.92 Å². The number of aromatic amines is 1. The first-order valence-electron chi connectivity index (χ1n) is 11.0. The van der Waals surface area contributed by atoms with Crippen LogP contribution in [-0.4, -0.2) is 38.8 Å². The number of H-pyrrole nitrogens is 1. The minimum atomic E-state index is -2.53. The number of anilines is 1. The predicted octanol–water partition coefficient (Wildman–Crippen LogP) is 5.33. The number of para-hydroxylation sites is 1.